The van der Waals surface area contributed by atoms with Crippen LogP contribution < -0.4 is 5.32 Å². The number of nitrogens with one attached hydrogen (secondary N) is 1. The van der Waals surface area contributed by atoms with Crippen LogP contribution >= 0.6 is 11.6 Å². The standard InChI is InChI=1S/C17H14ClNO2/c18-16-11-5-4-9-15(16)10-6-12-19-17(20)21-13-14-7-2-1-3-8-14/h1-5,7-9,11H,12-13H2,(H,19,20). The van der Waals surface area contributed by atoms with Gasteiger partial charge in [0.05, 0.1) is 11.6 Å². The first-order valence-corrected chi connectivity index (χ1v) is 6.81. The summed E-state index contributed by atoms with van der Waals surface area (Å²) in [6.45, 7) is 0.448. The van der Waals surface area contributed by atoms with Gasteiger partial charge in [-0.2, -0.15) is 0 Å². The minimum absolute atomic E-state index is 0.207. The van der Waals surface area contributed by atoms with Gasteiger partial charge in [0.15, 0.2) is 0 Å². The second-order valence-corrected chi connectivity index (χ2v) is 4.60. The zero-order valence-corrected chi connectivity index (χ0v) is 12.1. The molecule has 0 aliphatic heterocycles. The van der Waals surface area contributed by atoms with Crippen molar-refractivity contribution in [2.75, 3.05) is 6.54 Å². The highest BCUT2D eigenvalue weighted by atomic mass is 35.5. The molecule has 0 spiro atoms. The summed E-state index contributed by atoms with van der Waals surface area (Å²) in [6, 6.07) is 16.8. The number of hydrogen-bond donors (Lipinski definition) is 1. The number of alkyl carbamates (subject to hydrolysis) is 1. The number of halogens is 1. The van der Waals surface area contributed by atoms with E-state index in [9.17, 15) is 4.79 Å². The molecule has 0 fully saturated rings. The Bertz CT molecular complexity index is 659. The molecule has 1 amide bonds. The van der Waals surface area contributed by atoms with Gasteiger partial charge in [0.1, 0.15) is 6.61 Å². The Kier molecular flexibility index (Phi) is 5.69. The molecule has 0 aromatic heterocycles. The summed E-state index contributed by atoms with van der Waals surface area (Å²) >= 11 is 5.97. The fourth-order valence-electron chi connectivity index (χ4n) is 1.59. The molecule has 1 N–H and O–H groups in total. The third-order valence-corrected chi connectivity index (χ3v) is 2.96. The van der Waals surface area contributed by atoms with E-state index in [1.165, 1.54) is 0 Å². The van der Waals surface area contributed by atoms with E-state index < -0.39 is 6.09 Å². The Morgan fingerprint density at radius 1 is 1.10 bits per heavy atom. The lowest BCUT2D eigenvalue weighted by molar-refractivity contribution is 0.141. The maximum atomic E-state index is 11.5. The van der Waals surface area contributed by atoms with Crippen molar-refractivity contribution in [3.63, 3.8) is 0 Å². The van der Waals surface area contributed by atoms with E-state index in [1.54, 1.807) is 6.07 Å². The first kappa shape index (κ1) is 15.0. The number of ether oxygens (including phenoxy) is 1. The predicted octanol–water partition coefficient (Wildman–Crippen LogP) is 3.62. The number of amides is 1. The van der Waals surface area contributed by atoms with Crippen LogP contribution in [0.25, 0.3) is 0 Å². The summed E-state index contributed by atoms with van der Waals surface area (Å²) in [5.41, 5.74) is 1.67. The van der Waals surface area contributed by atoms with Gasteiger partial charge in [-0.25, -0.2) is 4.79 Å². The van der Waals surface area contributed by atoms with Gasteiger partial charge < -0.3 is 10.1 Å². The molecule has 0 aliphatic carbocycles. The van der Waals surface area contributed by atoms with Crippen LogP contribution in [0.2, 0.25) is 5.02 Å². The zero-order valence-electron chi connectivity index (χ0n) is 11.3. The van der Waals surface area contributed by atoms with Crippen molar-refractivity contribution in [3.8, 4) is 11.8 Å². The summed E-state index contributed by atoms with van der Waals surface area (Å²) in [4.78, 5) is 11.5. The molecular formula is C17H14ClNO2. The quantitative estimate of drug-likeness (QED) is 0.879. The van der Waals surface area contributed by atoms with Crippen LogP contribution in [-0.2, 0) is 11.3 Å². The molecule has 0 unspecified atom stereocenters. The molecule has 106 valence electrons. The van der Waals surface area contributed by atoms with E-state index in [0.717, 1.165) is 11.1 Å². The first-order chi connectivity index (χ1) is 10.3. The SMILES string of the molecule is O=C(NCC#Cc1ccccc1Cl)OCc1ccccc1. The minimum Gasteiger partial charge on any atom is -0.445 e. The normalized spacial score (nSPS) is 9.38. The number of benzene rings is 2. The first-order valence-electron chi connectivity index (χ1n) is 6.43. The van der Waals surface area contributed by atoms with Crippen LogP contribution in [0.4, 0.5) is 4.79 Å². The second kappa shape index (κ2) is 7.98. The molecular weight excluding hydrogens is 286 g/mol. The van der Waals surface area contributed by atoms with Crippen molar-refractivity contribution in [2.45, 2.75) is 6.61 Å². The monoisotopic (exact) mass is 299 g/mol. The Morgan fingerprint density at radius 3 is 2.57 bits per heavy atom. The summed E-state index contributed by atoms with van der Waals surface area (Å²) in [7, 11) is 0. The Balaban J connectivity index is 1.74. The van der Waals surface area contributed by atoms with Crippen LogP contribution in [0, 0.1) is 11.8 Å². The third kappa shape index (κ3) is 5.21. The van der Waals surface area contributed by atoms with Crippen LogP contribution in [0.15, 0.2) is 54.6 Å². The summed E-state index contributed by atoms with van der Waals surface area (Å²) in [5.74, 6) is 5.72. The molecule has 3 nitrogen and oxygen atoms in total. The van der Waals surface area contributed by atoms with Crippen molar-refractivity contribution < 1.29 is 9.53 Å². The van der Waals surface area contributed by atoms with Gasteiger partial charge in [-0.3, -0.25) is 0 Å². The van der Waals surface area contributed by atoms with Crippen molar-refractivity contribution >= 4 is 17.7 Å². The second-order valence-electron chi connectivity index (χ2n) is 4.20. The molecule has 2 aromatic carbocycles. The lowest BCUT2D eigenvalue weighted by atomic mass is 10.2. The Hall–Kier alpha value is -2.44. The number of carbonyl (C=O) groups excluding carboxylic acids is 1. The largest absolute Gasteiger partial charge is 0.445 e. The number of carbonyl (C=O) groups is 1. The van der Waals surface area contributed by atoms with E-state index >= 15 is 0 Å². The van der Waals surface area contributed by atoms with Gasteiger partial charge >= 0.3 is 6.09 Å². The number of rotatable bonds is 3. The van der Waals surface area contributed by atoms with Crippen LogP contribution in [-0.4, -0.2) is 12.6 Å². The molecule has 0 heterocycles. The van der Waals surface area contributed by atoms with Crippen molar-refractivity contribution in [2.24, 2.45) is 0 Å². The molecule has 0 aliphatic rings. The average Bonchev–Trinajstić information content (AvgIpc) is 2.52. The van der Waals surface area contributed by atoms with Gasteiger partial charge in [-0.05, 0) is 17.7 Å². The lowest BCUT2D eigenvalue weighted by Gasteiger charge is -2.04. The maximum Gasteiger partial charge on any atom is 0.408 e. The van der Waals surface area contributed by atoms with Crippen LogP contribution in [0.3, 0.4) is 0 Å². The van der Waals surface area contributed by atoms with Gasteiger partial charge in [0.25, 0.3) is 0 Å². The fraction of sp³-hybridized carbons (Fsp3) is 0.118. The van der Waals surface area contributed by atoms with E-state index in [1.807, 2.05) is 48.5 Å². The Labute approximate surface area is 128 Å². The topological polar surface area (TPSA) is 38.3 Å². The van der Waals surface area contributed by atoms with Gasteiger partial charge in [0, 0.05) is 5.56 Å². The van der Waals surface area contributed by atoms with Crippen LogP contribution in [0.5, 0.6) is 0 Å². The van der Waals surface area contributed by atoms with E-state index in [4.69, 9.17) is 16.3 Å². The highest BCUT2D eigenvalue weighted by molar-refractivity contribution is 6.31. The van der Waals surface area contributed by atoms with Crippen molar-refractivity contribution in [1.82, 2.24) is 5.32 Å². The highest BCUT2D eigenvalue weighted by Crippen LogP contribution is 2.12. The van der Waals surface area contributed by atoms with Gasteiger partial charge in [0.2, 0.25) is 0 Å². The van der Waals surface area contributed by atoms with Crippen molar-refractivity contribution in [3.05, 3.63) is 70.7 Å². The van der Waals surface area contributed by atoms with Crippen LogP contribution in [0.1, 0.15) is 11.1 Å². The summed E-state index contributed by atoms with van der Waals surface area (Å²) in [5, 5.41) is 3.16. The predicted molar refractivity (Wildman–Crippen MR) is 83.0 cm³/mol. The zero-order chi connectivity index (χ0) is 14.9. The smallest absolute Gasteiger partial charge is 0.408 e. The van der Waals surface area contributed by atoms with E-state index in [0.29, 0.717) is 5.02 Å². The molecule has 0 atom stereocenters. The van der Waals surface area contributed by atoms with E-state index in [-0.39, 0.29) is 13.2 Å². The fourth-order valence-corrected chi connectivity index (χ4v) is 1.78. The minimum atomic E-state index is -0.493. The van der Waals surface area contributed by atoms with Gasteiger partial charge in [-0.1, -0.05) is 65.9 Å². The van der Waals surface area contributed by atoms with Crippen molar-refractivity contribution in [1.29, 1.82) is 0 Å². The Morgan fingerprint density at radius 2 is 1.81 bits per heavy atom. The maximum absolute atomic E-state index is 11.5. The lowest BCUT2D eigenvalue weighted by Crippen LogP contribution is -2.24. The molecule has 0 saturated carbocycles. The number of hydrogen-bond acceptors (Lipinski definition) is 2. The van der Waals surface area contributed by atoms with Gasteiger partial charge in [-0.15, -0.1) is 0 Å². The molecule has 4 heteroatoms. The highest BCUT2D eigenvalue weighted by Gasteiger charge is 2.00. The molecule has 2 aromatic rings. The molecule has 0 radical (unpaired) electrons. The average molecular weight is 300 g/mol. The summed E-state index contributed by atoms with van der Waals surface area (Å²) < 4.78 is 5.06. The van der Waals surface area contributed by atoms with E-state index in [2.05, 4.69) is 17.2 Å². The molecule has 0 saturated heterocycles. The molecule has 21 heavy (non-hydrogen) atoms. The third-order valence-electron chi connectivity index (χ3n) is 2.63. The molecule has 2 rings (SSSR count). The summed E-state index contributed by atoms with van der Waals surface area (Å²) in [6.07, 6.45) is -0.493. The molecule has 0 bridgehead atoms.